The Labute approximate surface area is 139 Å². The summed E-state index contributed by atoms with van der Waals surface area (Å²) >= 11 is 5.17. The van der Waals surface area contributed by atoms with E-state index in [1.54, 1.807) is 0 Å². The molecule has 0 heterocycles. The monoisotopic (exact) mass is 337 g/mol. The summed E-state index contributed by atoms with van der Waals surface area (Å²) in [7, 11) is 3.81. The molecule has 0 saturated carbocycles. The number of benzene rings is 2. The molecule has 2 aromatic rings. The molecule has 0 fully saturated rings. The van der Waals surface area contributed by atoms with Crippen molar-refractivity contribution in [2.45, 2.75) is 0 Å². The molecule has 2 aromatic carbocycles. The second-order valence-corrected chi connectivity index (χ2v) is 5.67. The van der Waals surface area contributed by atoms with Crippen molar-refractivity contribution in [1.29, 1.82) is 0 Å². The molecular weight excluding hydrogens is 320 g/mol. The number of likely N-dealkylation sites (N-methyl/N-ethyl adjacent to an activating group) is 1. The number of thiocarbonyl (C=S) groups is 1. The fourth-order valence-corrected chi connectivity index (χ4v) is 2.24. The van der Waals surface area contributed by atoms with Crippen LogP contribution in [-0.4, -0.2) is 42.3 Å². The first kappa shape index (κ1) is 17.3. The van der Waals surface area contributed by atoms with Gasteiger partial charge in [0, 0.05) is 18.2 Å². The molecule has 0 saturated heterocycles. The maximum Gasteiger partial charge on any atom is 0.194 e. The fourth-order valence-electron chi connectivity index (χ4n) is 1.99. The maximum atomic E-state index is 13.9. The van der Waals surface area contributed by atoms with Crippen molar-refractivity contribution >= 4 is 17.3 Å². The Morgan fingerprint density at radius 2 is 1.91 bits per heavy atom. The van der Waals surface area contributed by atoms with Gasteiger partial charge in [-0.1, -0.05) is 6.07 Å². The molecule has 0 aliphatic heterocycles. The van der Waals surface area contributed by atoms with Gasteiger partial charge in [-0.3, -0.25) is 0 Å². The highest BCUT2D eigenvalue weighted by atomic mass is 32.1. The average molecular weight is 337 g/mol. The fraction of sp³-hybridized carbons (Fsp3) is 0.235. The van der Waals surface area contributed by atoms with Gasteiger partial charge in [-0.25, -0.2) is 8.78 Å². The Morgan fingerprint density at radius 3 is 2.57 bits per heavy atom. The van der Waals surface area contributed by atoms with E-state index < -0.39 is 11.6 Å². The second kappa shape index (κ2) is 7.48. The average Bonchev–Trinajstić information content (AvgIpc) is 2.47. The Bertz CT molecular complexity index is 720. The number of hydrogen-bond donors (Lipinski definition) is 1. The standard InChI is InChI=1S/C17H17F2NO2S/c1-20(2)7-8-22-17(23)14-9-11(3-6-16(14)21)13-5-4-12(18)10-15(13)19/h3-6,9-10,21H,7-8H2,1-2H3. The molecule has 23 heavy (non-hydrogen) atoms. The van der Waals surface area contributed by atoms with E-state index in [1.165, 1.54) is 30.3 Å². The molecule has 0 unspecified atom stereocenters. The molecule has 3 nitrogen and oxygen atoms in total. The highest BCUT2D eigenvalue weighted by Gasteiger charge is 2.13. The molecule has 6 heteroatoms. The van der Waals surface area contributed by atoms with Gasteiger partial charge in [0.15, 0.2) is 5.05 Å². The van der Waals surface area contributed by atoms with Crippen molar-refractivity contribution in [2.24, 2.45) is 0 Å². The van der Waals surface area contributed by atoms with Crippen LogP contribution >= 0.6 is 12.2 Å². The van der Waals surface area contributed by atoms with Crippen LogP contribution in [0.4, 0.5) is 8.78 Å². The lowest BCUT2D eigenvalue weighted by Gasteiger charge is -2.13. The summed E-state index contributed by atoms with van der Waals surface area (Å²) < 4.78 is 32.3. The van der Waals surface area contributed by atoms with Crippen LogP contribution in [0, 0.1) is 11.6 Å². The van der Waals surface area contributed by atoms with Gasteiger partial charge in [-0.15, -0.1) is 0 Å². The maximum absolute atomic E-state index is 13.9. The predicted octanol–water partition coefficient (Wildman–Crippen LogP) is 3.59. The van der Waals surface area contributed by atoms with Gasteiger partial charge in [0.1, 0.15) is 24.0 Å². The van der Waals surface area contributed by atoms with Gasteiger partial charge in [-0.05, 0) is 56.1 Å². The zero-order valence-corrected chi connectivity index (χ0v) is 13.7. The Morgan fingerprint density at radius 1 is 1.17 bits per heavy atom. The number of ether oxygens (including phenoxy) is 1. The lowest BCUT2D eigenvalue weighted by atomic mass is 10.0. The lowest BCUT2D eigenvalue weighted by molar-refractivity contribution is 0.257. The normalized spacial score (nSPS) is 10.8. The van der Waals surface area contributed by atoms with E-state index in [9.17, 15) is 13.9 Å². The predicted molar refractivity (Wildman–Crippen MR) is 89.7 cm³/mol. The molecule has 0 aliphatic rings. The molecule has 0 amide bonds. The Hall–Kier alpha value is -2.05. The van der Waals surface area contributed by atoms with E-state index in [2.05, 4.69) is 0 Å². The Balaban J connectivity index is 2.26. The molecule has 0 bridgehead atoms. The highest BCUT2D eigenvalue weighted by molar-refractivity contribution is 7.80. The van der Waals surface area contributed by atoms with Crippen molar-refractivity contribution in [3.8, 4) is 16.9 Å². The van der Waals surface area contributed by atoms with E-state index in [0.29, 0.717) is 24.3 Å². The largest absolute Gasteiger partial charge is 0.507 e. The van der Waals surface area contributed by atoms with Gasteiger partial charge in [0.05, 0.1) is 5.56 Å². The summed E-state index contributed by atoms with van der Waals surface area (Å²) in [6, 6.07) is 7.82. The topological polar surface area (TPSA) is 32.7 Å². The van der Waals surface area contributed by atoms with Crippen LogP contribution < -0.4 is 0 Å². The molecular formula is C17H17F2NO2S. The molecule has 1 N–H and O–H groups in total. The highest BCUT2D eigenvalue weighted by Crippen LogP contribution is 2.29. The van der Waals surface area contributed by atoms with Crippen molar-refractivity contribution < 1.29 is 18.6 Å². The van der Waals surface area contributed by atoms with Crippen molar-refractivity contribution in [2.75, 3.05) is 27.2 Å². The van der Waals surface area contributed by atoms with Crippen LogP contribution in [0.3, 0.4) is 0 Å². The minimum Gasteiger partial charge on any atom is -0.507 e. The molecule has 0 aromatic heterocycles. The number of halogens is 2. The summed E-state index contributed by atoms with van der Waals surface area (Å²) in [5.41, 5.74) is 1.01. The number of phenols is 1. The van der Waals surface area contributed by atoms with E-state index in [0.717, 1.165) is 6.07 Å². The summed E-state index contributed by atoms with van der Waals surface area (Å²) in [5, 5.41) is 10.1. The third-order valence-electron chi connectivity index (χ3n) is 3.23. The van der Waals surface area contributed by atoms with E-state index in [1.807, 2.05) is 19.0 Å². The lowest BCUT2D eigenvalue weighted by Crippen LogP contribution is -2.19. The van der Waals surface area contributed by atoms with Crippen molar-refractivity contribution in [3.63, 3.8) is 0 Å². The summed E-state index contributed by atoms with van der Waals surface area (Å²) in [6.07, 6.45) is 0. The number of rotatable bonds is 5. The first-order valence-electron chi connectivity index (χ1n) is 6.99. The zero-order valence-electron chi connectivity index (χ0n) is 12.8. The minimum absolute atomic E-state index is 0.0499. The number of hydrogen-bond acceptors (Lipinski definition) is 4. The molecule has 0 spiro atoms. The van der Waals surface area contributed by atoms with Crippen LogP contribution in [0.5, 0.6) is 5.75 Å². The van der Waals surface area contributed by atoms with Gasteiger partial charge >= 0.3 is 0 Å². The van der Waals surface area contributed by atoms with Crippen LogP contribution in [0.1, 0.15) is 5.56 Å². The first-order valence-corrected chi connectivity index (χ1v) is 7.39. The number of aromatic hydroxyl groups is 1. The van der Waals surface area contributed by atoms with E-state index in [-0.39, 0.29) is 16.4 Å². The van der Waals surface area contributed by atoms with E-state index >= 15 is 0 Å². The van der Waals surface area contributed by atoms with Gasteiger partial charge in [-0.2, -0.15) is 0 Å². The SMILES string of the molecule is CN(C)CCOC(=S)c1cc(-c2ccc(F)cc2F)ccc1O. The smallest absolute Gasteiger partial charge is 0.194 e. The minimum atomic E-state index is -0.680. The zero-order chi connectivity index (χ0) is 17.0. The van der Waals surface area contributed by atoms with Crippen molar-refractivity contribution in [1.82, 2.24) is 4.90 Å². The summed E-state index contributed by atoms with van der Waals surface area (Å²) in [5.74, 6) is -1.38. The quantitative estimate of drug-likeness (QED) is 0.845. The Kier molecular flexibility index (Phi) is 5.63. The summed E-state index contributed by atoms with van der Waals surface area (Å²) in [6.45, 7) is 1.05. The molecule has 122 valence electrons. The van der Waals surface area contributed by atoms with Gasteiger partial charge < -0.3 is 14.7 Å². The van der Waals surface area contributed by atoms with Crippen LogP contribution in [0.15, 0.2) is 36.4 Å². The molecule has 0 atom stereocenters. The first-order chi connectivity index (χ1) is 10.9. The van der Waals surface area contributed by atoms with E-state index in [4.69, 9.17) is 17.0 Å². The van der Waals surface area contributed by atoms with Crippen molar-refractivity contribution in [3.05, 3.63) is 53.6 Å². The van der Waals surface area contributed by atoms with Crippen LogP contribution in [0.25, 0.3) is 11.1 Å². The second-order valence-electron chi connectivity index (χ2n) is 5.30. The van der Waals surface area contributed by atoms with Crippen LogP contribution in [-0.2, 0) is 4.74 Å². The summed E-state index contributed by atoms with van der Waals surface area (Å²) in [4.78, 5) is 1.94. The third-order valence-corrected chi connectivity index (χ3v) is 3.57. The molecule has 0 aliphatic carbocycles. The third kappa shape index (κ3) is 4.46. The molecule has 0 radical (unpaired) electrons. The van der Waals surface area contributed by atoms with Crippen LogP contribution in [0.2, 0.25) is 0 Å². The number of nitrogens with zero attached hydrogens (tertiary/aromatic N) is 1. The molecule has 2 rings (SSSR count). The van der Waals surface area contributed by atoms with Gasteiger partial charge in [0.2, 0.25) is 0 Å². The number of phenolic OH excluding ortho intramolecular Hbond substituents is 1. The van der Waals surface area contributed by atoms with Gasteiger partial charge in [0.25, 0.3) is 0 Å².